The first-order valence-electron chi connectivity index (χ1n) is 35.9. The van der Waals surface area contributed by atoms with Gasteiger partial charge in [0.2, 0.25) is 0 Å². The van der Waals surface area contributed by atoms with Crippen LogP contribution >= 0.6 is 11.6 Å². The van der Waals surface area contributed by atoms with Crippen LogP contribution in [0.4, 0.5) is 45.1 Å². The normalized spacial score (nSPS) is 20.0. The summed E-state index contributed by atoms with van der Waals surface area (Å²) in [7, 11) is 5.03. The molecule has 0 bridgehead atoms. The number of aliphatic hydroxyl groups excluding tert-OH is 2. The van der Waals surface area contributed by atoms with E-state index in [9.17, 15) is 38.2 Å². The maximum absolute atomic E-state index is 16.7. The van der Waals surface area contributed by atoms with E-state index in [0.717, 1.165) is 29.0 Å². The molecule has 13 rings (SSSR count). The Morgan fingerprint density at radius 1 is 0.661 bits per heavy atom. The number of hydrogen-bond donors (Lipinski definition) is 2. The molecule has 25 nitrogen and oxygen atoms in total. The van der Waals surface area contributed by atoms with Crippen LogP contribution in [0.1, 0.15) is 137 Å². The standard InChI is InChI=1S/C38H44F2N6O7.C26H29ClFN5O3.C14H20BFO4/c1-20(2)28-30(21(3)13-14-41-28)46-33-23(15-25(40)29(42-33)27-24(39)11-10-12-26(27)52-19-51-9)31-32(34(46)48)43(8)35(49)38(18-47)17-44(22(4)16-45(31)38)36(50)53-37(5,6)7;1-13(2)18-19(15(4)7-9-29-18)33-23-16(10-17(28)22(27)30-23)20-21(24(33)35)31(5)25(36)26(12-34)8-6-14(3)11-32(20)26;1-13(2)14(3,4)20-15(19-13)12-10(16)7-6-8-11(12)18-9-17-5/h10-15,20,22,47H,16-19H2,1-9H3;7,9-10,13-14,34H,6,8,11-12H2,1-5H3;6-8H,9H2,1-5H3/t22-,38+;14-,26-;/m10./s1. The summed E-state index contributed by atoms with van der Waals surface area (Å²) in [6.07, 6.45) is 3.78. The summed E-state index contributed by atoms with van der Waals surface area (Å²) in [6, 6.07) is 14.0. The van der Waals surface area contributed by atoms with E-state index in [2.05, 4.69) is 21.9 Å². The summed E-state index contributed by atoms with van der Waals surface area (Å²) in [5.74, 6) is -3.63. The predicted molar refractivity (Wildman–Crippen MR) is 407 cm³/mol. The Hall–Kier alpha value is -9.30. The van der Waals surface area contributed by atoms with Crippen LogP contribution in [0.3, 0.4) is 0 Å². The molecule has 109 heavy (non-hydrogen) atoms. The third kappa shape index (κ3) is 14.1. The van der Waals surface area contributed by atoms with Gasteiger partial charge in [0.15, 0.2) is 47.2 Å². The molecule has 5 aliphatic heterocycles. The number of anilines is 4. The summed E-state index contributed by atoms with van der Waals surface area (Å²) in [6.45, 7) is 26.8. The molecule has 6 aromatic heterocycles. The molecule has 4 atom stereocenters. The highest BCUT2D eigenvalue weighted by molar-refractivity contribution is 6.63. The van der Waals surface area contributed by atoms with Crippen LogP contribution in [0, 0.1) is 43.0 Å². The number of benzene rings is 2. The van der Waals surface area contributed by atoms with Crippen molar-refractivity contribution in [2.24, 2.45) is 5.92 Å². The summed E-state index contributed by atoms with van der Waals surface area (Å²) >= 11 is 6.16. The Labute approximate surface area is 634 Å². The van der Waals surface area contributed by atoms with E-state index in [4.69, 9.17) is 49.6 Å². The van der Waals surface area contributed by atoms with Crippen molar-refractivity contribution in [1.29, 1.82) is 0 Å². The van der Waals surface area contributed by atoms with Crippen molar-refractivity contribution in [3.63, 3.8) is 0 Å². The monoisotopic (exact) mass is 1530 g/mol. The molecule has 0 spiro atoms. The van der Waals surface area contributed by atoms with Crippen molar-refractivity contribution < 1.29 is 75.2 Å². The van der Waals surface area contributed by atoms with Crippen molar-refractivity contribution in [1.82, 2.24) is 34.0 Å². The number of ether oxygens (including phenoxy) is 5. The average Bonchev–Trinajstić information content (AvgIpc) is 1.31. The molecule has 3 fully saturated rings. The zero-order valence-electron chi connectivity index (χ0n) is 64.8. The van der Waals surface area contributed by atoms with Crippen LogP contribution in [-0.2, 0) is 33.1 Å². The second-order valence-electron chi connectivity index (χ2n) is 30.9. The van der Waals surface area contributed by atoms with Crippen molar-refractivity contribution in [3.05, 3.63) is 145 Å². The number of fused-ring (bicyclic) bond motifs is 10. The molecule has 3 amide bonds. The van der Waals surface area contributed by atoms with Crippen molar-refractivity contribution >= 4 is 86.9 Å². The van der Waals surface area contributed by atoms with E-state index < -0.39 is 106 Å². The number of nitrogens with zero attached hydrogens (tertiary/aromatic N) is 11. The Morgan fingerprint density at radius 2 is 1.14 bits per heavy atom. The Morgan fingerprint density at radius 3 is 1.64 bits per heavy atom. The molecule has 31 heteroatoms. The van der Waals surface area contributed by atoms with Gasteiger partial charge in [-0.3, -0.25) is 38.3 Å². The number of carbonyl (C=O) groups is 3. The molecular weight excluding hydrogens is 1440 g/mol. The summed E-state index contributed by atoms with van der Waals surface area (Å²) in [4.78, 5) is 96.5. The average molecular weight is 1530 g/mol. The molecule has 0 saturated carbocycles. The quantitative estimate of drug-likeness (QED) is 0.0443. The number of hydrogen-bond acceptors (Lipinski definition) is 20. The Balaban J connectivity index is 0.000000180. The number of piperazine rings is 1. The van der Waals surface area contributed by atoms with E-state index in [1.54, 1.807) is 81.1 Å². The van der Waals surface area contributed by atoms with Crippen LogP contribution in [0.5, 0.6) is 11.5 Å². The summed E-state index contributed by atoms with van der Waals surface area (Å²) in [5.41, 5.74) is -2.33. The number of amides is 3. The topological polar surface area (TPSA) is 268 Å². The van der Waals surface area contributed by atoms with Gasteiger partial charge in [0.1, 0.15) is 51.3 Å². The van der Waals surface area contributed by atoms with Gasteiger partial charge < -0.3 is 67.7 Å². The minimum absolute atomic E-state index is 0.0295. The molecular formula is C78H93BClF4N11O14. The fourth-order valence-electron chi connectivity index (χ4n) is 14.8. The zero-order valence-corrected chi connectivity index (χ0v) is 65.5. The highest BCUT2D eigenvalue weighted by Crippen LogP contribution is 2.50. The first-order valence-corrected chi connectivity index (χ1v) is 36.3. The van der Waals surface area contributed by atoms with E-state index >= 15 is 13.6 Å². The molecule has 0 unspecified atom stereocenters. The third-order valence-corrected chi connectivity index (χ3v) is 21.3. The van der Waals surface area contributed by atoms with Crippen molar-refractivity contribution in [3.8, 4) is 34.1 Å². The van der Waals surface area contributed by atoms with Crippen LogP contribution in [0.25, 0.3) is 44.7 Å². The minimum atomic E-state index is -1.79. The molecule has 0 radical (unpaired) electrons. The van der Waals surface area contributed by atoms with Crippen LogP contribution in [-0.4, -0.2) is 178 Å². The lowest BCUT2D eigenvalue weighted by molar-refractivity contribution is -0.128. The molecule has 2 N–H and O–H groups in total. The van der Waals surface area contributed by atoms with Gasteiger partial charge in [-0.15, -0.1) is 0 Å². The minimum Gasteiger partial charge on any atom is -0.468 e. The smallest absolute Gasteiger partial charge is 0.468 e. The van der Waals surface area contributed by atoms with Gasteiger partial charge >= 0.3 is 13.2 Å². The largest absolute Gasteiger partial charge is 0.501 e. The third-order valence-electron chi connectivity index (χ3n) is 21.0. The molecule has 5 aliphatic rings. The van der Waals surface area contributed by atoms with Gasteiger partial charge in [0, 0.05) is 70.6 Å². The molecule has 2 aromatic carbocycles. The van der Waals surface area contributed by atoms with Crippen LogP contribution in [0.2, 0.25) is 5.15 Å². The van der Waals surface area contributed by atoms with Gasteiger partial charge in [-0.1, -0.05) is 58.4 Å². The Kier molecular flexibility index (Phi) is 22.6. The van der Waals surface area contributed by atoms with Gasteiger partial charge in [-0.05, 0) is 159 Å². The number of aliphatic hydroxyl groups is 2. The Bertz CT molecular complexity index is 5030. The first kappa shape index (κ1) is 80.7. The number of rotatable bonds is 14. The predicted octanol–water partition coefficient (Wildman–Crippen LogP) is 11.3. The fourth-order valence-corrected chi connectivity index (χ4v) is 15.0. The summed E-state index contributed by atoms with van der Waals surface area (Å²) in [5, 5.41) is 21.7. The maximum atomic E-state index is 16.7. The summed E-state index contributed by atoms with van der Waals surface area (Å²) < 4.78 is 102. The number of carbonyl (C=O) groups excluding carboxylic acids is 3. The second-order valence-corrected chi connectivity index (χ2v) is 31.3. The zero-order chi connectivity index (χ0) is 79.8. The lowest BCUT2D eigenvalue weighted by Crippen LogP contribution is -2.76. The van der Waals surface area contributed by atoms with E-state index in [0.29, 0.717) is 58.1 Å². The van der Waals surface area contributed by atoms with Crippen molar-refractivity contribution in [2.75, 3.05) is 94.3 Å². The maximum Gasteiger partial charge on any atom is 0.501 e. The van der Waals surface area contributed by atoms with E-state index in [1.165, 1.54) is 71.5 Å². The molecule has 0 aliphatic carbocycles. The van der Waals surface area contributed by atoms with Gasteiger partial charge in [0.25, 0.3) is 22.9 Å². The lowest BCUT2D eigenvalue weighted by atomic mass is 9.78. The highest BCUT2D eigenvalue weighted by atomic mass is 35.5. The van der Waals surface area contributed by atoms with Gasteiger partial charge in [0.05, 0.1) is 76.1 Å². The fraction of sp³-hybridized carbons (Fsp3) is 0.474. The lowest BCUT2D eigenvalue weighted by Gasteiger charge is -2.56. The molecule has 8 aromatic rings. The van der Waals surface area contributed by atoms with Crippen LogP contribution in [0.15, 0.2) is 82.6 Å². The number of piperidine rings is 1. The number of likely N-dealkylation sites (N-methyl/N-ethyl adjacent to an activating group) is 2. The number of methoxy groups -OCH3 is 2. The van der Waals surface area contributed by atoms with Gasteiger partial charge in [-0.2, -0.15) is 0 Å². The number of halogens is 5. The highest BCUT2D eigenvalue weighted by Gasteiger charge is 2.59. The van der Waals surface area contributed by atoms with E-state index in [-0.39, 0.29) is 106 Å². The molecule has 582 valence electrons. The number of aryl methyl sites for hydroxylation is 2. The number of pyridine rings is 6. The number of aromatic nitrogens is 6. The van der Waals surface area contributed by atoms with Gasteiger partial charge in [-0.25, -0.2) is 32.3 Å². The molecule has 11 heterocycles. The SMILES string of the molecule is COCOc1cccc(F)c1-c1nc2c(cc1F)c1c(c(=O)n2-c2c(C)ccnc2C(C)C)N(C)C(=O)[C@@]2(CO)CN(C(=O)OC(C)(C)C)[C@H](C)CN12.COCOc1cccc(F)c1B1OC(C)(C)C(C)(C)O1.Cc1ccnc(C(C)C)c1-n1c(=O)c2c(c3cc(F)c(Cl)nc31)N1C[C@@H](C)CC[C@]1(CO)C(=O)N2C. The molecule has 3 saturated heterocycles. The van der Waals surface area contributed by atoms with Crippen LogP contribution < -0.4 is 45.7 Å². The van der Waals surface area contributed by atoms with Crippen molar-refractivity contribution in [2.45, 2.75) is 162 Å². The second kappa shape index (κ2) is 30.5. The first-order chi connectivity index (χ1) is 51.3. The van der Waals surface area contributed by atoms with E-state index in [1.807, 2.05) is 62.3 Å².